The number of carbonyl (C=O) groups excluding carboxylic acids is 1. The number of ether oxygens (including phenoxy) is 1. The largest absolute Gasteiger partial charge is 0.463 e. The first-order chi connectivity index (χ1) is 9.13. The van der Waals surface area contributed by atoms with Gasteiger partial charge in [0, 0.05) is 29.3 Å². The van der Waals surface area contributed by atoms with Gasteiger partial charge in [-0.05, 0) is 25.1 Å². The third-order valence-corrected chi connectivity index (χ3v) is 2.50. The van der Waals surface area contributed by atoms with Gasteiger partial charge in [-0.1, -0.05) is 0 Å². The van der Waals surface area contributed by atoms with Crippen LogP contribution in [-0.2, 0) is 9.53 Å². The Hall–Kier alpha value is -2.30. The number of carbonyl (C=O) groups is 1. The summed E-state index contributed by atoms with van der Waals surface area (Å²) in [5, 5.41) is 0.201. The quantitative estimate of drug-likeness (QED) is 0.631. The van der Waals surface area contributed by atoms with E-state index in [-0.39, 0.29) is 23.1 Å². The Morgan fingerprint density at radius 3 is 3.00 bits per heavy atom. The predicted molar refractivity (Wildman–Crippen MR) is 67.3 cm³/mol. The van der Waals surface area contributed by atoms with Gasteiger partial charge in [0.25, 0.3) is 0 Å². The third-order valence-electron chi connectivity index (χ3n) is 2.50. The summed E-state index contributed by atoms with van der Waals surface area (Å²) in [5.74, 6) is -2.17. The van der Waals surface area contributed by atoms with Crippen molar-refractivity contribution in [3.05, 3.63) is 47.7 Å². The Kier molecular flexibility index (Phi) is 3.85. The van der Waals surface area contributed by atoms with E-state index in [0.717, 1.165) is 18.2 Å². The lowest BCUT2D eigenvalue weighted by atomic mass is 10.1. The highest BCUT2D eigenvalue weighted by Gasteiger charge is 2.12. The fourth-order valence-corrected chi connectivity index (χ4v) is 1.66. The van der Waals surface area contributed by atoms with Crippen LogP contribution < -0.4 is 0 Å². The number of hydrogen-bond acceptors (Lipinski definition) is 3. The zero-order valence-electron chi connectivity index (χ0n) is 10.2. The van der Waals surface area contributed by atoms with Gasteiger partial charge < -0.3 is 4.74 Å². The van der Waals surface area contributed by atoms with E-state index in [1.54, 1.807) is 13.0 Å². The Morgan fingerprint density at radius 1 is 1.47 bits per heavy atom. The lowest BCUT2D eigenvalue weighted by Gasteiger charge is -2.04. The summed E-state index contributed by atoms with van der Waals surface area (Å²) in [7, 11) is 0. The molecule has 0 saturated carbocycles. The minimum absolute atomic E-state index is 0.201. The highest BCUT2D eigenvalue weighted by Crippen LogP contribution is 2.23. The topological polar surface area (TPSA) is 39.2 Å². The van der Waals surface area contributed by atoms with Gasteiger partial charge in [-0.25, -0.2) is 13.6 Å². The van der Waals surface area contributed by atoms with E-state index in [4.69, 9.17) is 0 Å². The first kappa shape index (κ1) is 13.1. The molecule has 5 heteroatoms. The van der Waals surface area contributed by atoms with Crippen molar-refractivity contribution < 1.29 is 18.3 Å². The molecule has 0 bridgehead atoms. The van der Waals surface area contributed by atoms with Crippen LogP contribution in [0.3, 0.4) is 0 Å². The summed E-state index contributed by atoms with van der Waals surface area (Å²) in [5.41, 5.74) is -0.0562. The van der Waals surface area contributed by atoms with Crippen LogP contribution in [0, 0.1) is 11.6 Å². The number of pyridine rings is 1. The SMILES string of the molecule is CCOC(=O)/C=C/c1c(F)cc2ncccc2c1F. The lowest BCUT2D eigenvalue weighted by Crippen LogP contribution is -1.99. The first-order valence-corrected chi connectivity index (χ1v) is 5.71. The van der Waals surface area contributed by atoms with Crippen LogP contribution in [0.4, 0.5) is 8.78 Å². The number of esters is 1. The summed E-state index contributed by atoms with van der Waals surface area (Å²) in [4.78, 5) is 15.0. The van der Waals surface area contributed by atoms with Crippen molar-refractivity contribution in [3.63, 3.8) is 0 Å². The number of fused-ring (bicyclic) bond motifs is 1. The fourth-order valence-electron chi connectivity index (χ4n) is 1.66. The highest BCUT2D eigenvalue weighted by atomic mass is 19.1. The van der Waals surface area contributed by atoms with E-state index in [2.05, 4.69) is 9.72 Å². The molecular weight excluding hydrogens is 252 g/mol. The number of hydrogen-bond donors (Lipinski definition) is 0. The Balaban J connectivity index is 2.46. The first-order valence-electron chi connectivity index (χ1n) is 5.71. The Morgan fingerprint density at radius 2 is 2.26 bits per heavy atom. The molecule has 0 amide bonds. The summed E-state index contributed by atoms with van der Waals surface area (Å²) < 4.78 is 32.5. The zero-order chi connectivity index (χ0) is 13.8. The maximum absolute atomic E-state index is 14.1. The van der Waals surface area contributed by atoms with Crippen molar-refractivity contribution in [2.45, 2.75) is 6.92 Å². The molecule has 0 fully saturated rings. The maximum Gasteiger partial charge on any atom is 0.330 e. The molecule has 2 rings (SSSR count). The van der Waals surface area contributed by atoms with Crippen molar-refractivity contribution in [3.8, 4) is 0 Å². The summed E-state index contributed by atoms with van der Waals surface area (Å²) in [6, 6.07) is 4.18. The minimum Gasteiger partial charge on any atom is -0.463 e. The second-order valence-corrected chi connectivity index (χ2v) is 3.74. The second kappa shape index (κ2) is 5.56. The average Bonchev–Trinajstić information content (AvgIpc) is 2.39. The third kappa shape index (κ3) is 2.76. The monoisotopic (exact) mass is 263 g/mol. The molecule has 19 heavy (non-hydrogen) atoms. The van der Waals surface area contributed by atoms with Crippen molar-refractivity contribution in [1.29, 1.82) is 0 Å². The summed E-state index contributed by atoms with van der Waals surface area (Å²) in [6.45, 7) is 1.85. The molecule has 0 N–H and O–H groups in total. The van der Waals surface area contributed by atoms with Gasteiger partial charge in [0.1, 0.15) is 11.6 Å². The van der Waals surface area contributed by atoms with Crippen molar-refractivity contribution in [2.75, 3.05) is 6.61 Å². The van der Waals surface area contributed by atoms with Crippen LogP contribution in [0.1, 0.15) is 12.5 Å². The fraction of sp³-hybridized carbons (Fsp3) is 0.143. The van der Waals surface area contributed by atoms with Crippen LogP contribution in [0.25, 0.3) is 17.0 Å². The molecule has 0 aliphatic carbocycles. The molecule has 0 saturated heterocycles. The van der Waals surface area contributed by atoms with E-state index in [1.165, 1.54) is 12.3 Å². The van der Waals surface area contributed by atoms with E-state index in [0.29, 0.717) is 0 Å². The van der Waals surface area contributed by atoms with Gasteiger partial charge in [0.05, 0.1) is 12.1 Å². The Bertz CT molecular complexity index is 653. The van der Waals surface area contributed by atoms with Crippen LogP contribution in [0.15, 0.2) is 30.5 Å². The molecule has 3 nitrogen and oxygen atoms in total. The molecule has 0 radical (unpaired) electrons. The van der Waals surface area contributed by atoms with Crippen molar-refractivity contribution >= 4 is 22.9 Å². The van der Waals surface area contributed by atoms with Gasteiger partial charge in [-0.3, -0.25) is 4.98 Å². The Labute approximate surface area is 108 Å². The molecule has 1 heterocycles. The summed E-state index contributed by atoms with van der Waals surface area (Å²) in [6.07, 6.45) is 3.51. The molecule has 98 valence electrons. The number of aromatic nitrogens is 1. The van der Waals surface area contributed by atoms with Crippen molar-refractivity contribution in [1.82, 2.24) is 4.98 Å². The standard InChI is InChI=1S/C14H11F2NO2/c1-2-19-13(18)6-5-9-11(15)8-12-10(14(9)16)4-3-7-17-12/h3-8H,2H2,1H3/b6-5+. The van der Waals surface area contributed by atoms with E-state index >= 15 is 0 Å². The predicted octanol–water partition coefficient (Wildman–Crippen LogP) is 3.09. The van der Waals surface area contributed by atoms with Gasteiger partial charge >= 0.3 is 5.97 Å². The lowest BCUT2D eigenvalue weighted by molar-refractivity contribution is -0.137. The second-order valence-electron chi connectivity index (χ2n) is 3.74. The number of rotatable bonds is 3. The molecule has 1 aromatic carbocycles. The highest BCUT2D eigenvalue weighted by molar-refractivity contribution is 5.89. The van der Waals surface area contributed by atoms with Gasteiger partial charge in [0.15, 0.2) is 0 Å². The molecule has 0 atom stereocenters. The molecule has 0 aliphatic rings. The van der Waals surface area contributed by atoms with Gasteiger partial charge in [-0.2, -0.15) is 0 Å². The van der Waals surface area contributed by atoms with Crippen LogP contribution in [0.2, 0.25) is 0 Å². The van der Waals surface area contributed by atoms with E-state index in [9.17, 15) is 13.6 Å². The normalized spacial score (nSPS) is 11.1. The maximum atomic E-state index is 14.1. The molecule has 0 aliphatic heterocycles. The molecule has 2 aromatic rings. The van der Waals surface area contributed by atoms with Gasteiger partial charge in [-0.15, -0.1) is 0 Å². The van der Waals surface area contributed by atoms with Crippen LogP contribution >= 0.6 is 0 Å². The van der Waals surface area contributed by atoms with Crippen LogP contribution in [-0.4, -0.2) is 17.6 Å². The smallest absolute Gasteiger partial charge is 0.330 e. The molecule has 1 aromatic heterocycles. The zero-order valence-corrected chi connectivity index (χ0v) is 10.2. The molecular formula is C14H11F2NO2. The van der Waals surface area contributed by atoms with Crippen molar-refractivity contribution in [2.24, 2.45) is 0 Å². The summed E-state index contributed by atoms with van der Waals surface area (Å²) >= 11 is 0. The number of nitrogens with zero attached hydrogens (tertiary/aromatic N) is 1. The minimum atomic E-state index is -0.774. The molecule has 0 unspecified atom stereocenters. The molecule has 0 spiro atoms. The van der Waals surface area contributed by atoms with Crippen LogP contribution in [0.5, 0.6) is 0 Å². The number of benzene rings is 1. The average molecular weight is 263 g/mol. The van der Waals surface area contributed by atoms with E-state index in [1.807, 2.05) is 0 Å². The van der Waals surface area contributed by atoms with E-state index < -0.39 is 17.6 Å². The number of halogens is 2. The van der Waals surface area contributed by atoms with Gasteiger partial charge in [0.2, 0.25) is 0 Å².